The molecule has 0 fully saturated rings. The Bertz CT molecular complexity index is 71.2. The largest absolute Gasteiger partial charge is 0.251 e. The van der Waals surface area contributed by atoms with E-state index in [1.165, 1.54) is 51.4 Å². The van der Waals surface area contributed by atoms with Crippen molar-refractivity contribution in [2.24, 2.45) is 0 Å². The van der Waals surface area contributed by atoms with Gasteiger partial charge in [0, 0.05) is 0 Å². The number of halogens is 1. The first kappa shape index (κ1) is 12.9. The molecule has 0 aromatic heterocycles. The van der Waals surface area contributed by atoms with Gasteiger partial charge in [0.25, 0.3) is 0 Å². The average Bonchev–Trinajstić information content (AvgIpc) is 2.16. The van der Waals surface area contributed by atoms with Crippen molar-refractivity contribution in [2.75, 3.05) is 6.67 Å². The maximum Gasteiger partial charge on any atom is 0.0894 e. The highest BCUT2D eigenvalue weighted by Gasteiger charge is 1.91. The van der Waals surface area contributed by atoms with Crippen LogP contribution in [0.3, 0.4) is 0 Å². The van der Waals surface area contributed by atoms with Crippen LogP contribution >= 0.6 is 0 Å². The summed E-state index contributed by atoms with van der Waals surface area (Å²) >= 11 is 0. The smallest absolute Gasteiger partial charge is 0.0894 e. The molecular weight excluding hydrogens is 163 g/mol. The van der Waals surface area contributed by atoms with Gasteiger partial charge in [-0.1, -0.05) is 64.7 Å². The van der Waals surface area contributed by atoms with Crippen LogP contribution in [-0.4, -0.2) is 6.67 Å². The second kappa shape index (κ2) is 11.9. The van der Waals surface area contributed by atoms with E-state index in [1.54, 1.807) is 0 Å². The quantitative estimate of drug-likeness (QED) is 0.429. The van der Waals surface area contributed by atoms with Crippen molar-refractivity contribution in [3.05, 3.63) is 0 Å². The van der Waals surface area contributed by atoms with Crippen LogP contribution in [0.1, 0.15) is 71.1 Å². The minimum absolute atomic E-state index is 0.128. The molecule has 0 aliphatic carbocycles. The van der Waals surface area contributed by atoms with E-state index in [4.69, 9.17) is 0 Å². The van der Waals surface area contributed by atoms with E-state index in [1.807, 2.05) is 0 Å². The zero-order valence-electron chi connectivity index (χ0n) is 9.16. The molecule has 1 heteroatoms. The van der Waals surface area contributed by atoms with Crippen LogP contribution in [0.25, 0.3) is 0 Å². The minimum Gasteiger partial charge on any atom is -0.251 e. The van der Waals surface area contributed by atoms with Crippen molar-refractivity contribution in [1.29, 1.82) is 0 Å². The lowest BCUT2D eigenvalue weighted by Crippen LogP contribution is -1.82. The Morgan fingerprint density at radius 2 is 1.00 bits per heavy atom. The molecule has 13 heavy (non-hydrogen) atoms. The molecular formula is C12H25F. The third kappa shape index (κ3) is 11.9. The Kier molecular flexibility index (Phi) is 11.9. The van der Waals surface area contributed by atoms with Crippen LogP contribution in [0, 0.1) is 0 Å². The highest BCUT2D eigenvalue weighted by atomic mass is 19.1. The average molecular weight is 188 g/mol. The number of unbranched alkanes of at least 4 members (excludes halogenated alkanes) is 9. The highest BCUT2D eigenvalue weighted by Crippen LogP contribution is 2.10. The van der Waals surface area contributed by atoms with E-state index in [0.717, 1.165) is 12.8 Å². The van der Waals surface area contributed by atoms with Crippen molar-refractivity contribution in [3.63, 3.8) is 0 Å². The lowest BCUT2D eigenvalue weighted by Gasteiger charge is -2.00. The van der Waals surface area contributed by atoms with Gasteiger partial charge >= 0.3 is 0 Å². The van der Waals surface area contributed by atoms with Crippen molar-refractivity contribution >= 4 is 0 Å². The Balaban J connectivity index is 2.76. The van der Waals surface area contributed by atoms with E-state index in [9.17, 15) is 4.39 Å². The Hall–Kier alpha value is -0.0700. The molecule has 0 saturated carbocycles. The minimum atomic E-state index is -0.128. The lowest BCUT2D eigenvalue weighted by molar-refractivity contribution is 0.449. The summed E-state index contributed by atoms with van der Waals surface area (Å²) in [5, 5.41) is 0. The molecule has 0 radical (unpaired) electrons. The van der Waals surface area contributed by atoms with Gasteiger partial charge in [-0.25, -0.2) is 0 Å². The Morgan fingerprint density at radius 1 is 0.615 bits per heavy atom. The van der Waals surface area contributed by atoms with Crippen molar-refractivity contribution in [3.8, 4) is 0 Å². The zero-order chi connectivity index (χ0) is 9.78. The van der Waals surface area contributed by atoms with Gasteiger partial charge in [-0.15, -0.1) is 0 Å². The van der Waals surface area contributed by atoms with Gasteiger partial charge in [0.1, 0.15) is 0 Å². The van der Waals surface area contributed by atoms with Crippen molar-refractivity contribution in [1.82, 2.24) is 0 Å². The molecule has 0 bridgehead atoms. The van der Waals surface area contributed by atoms with Gasteiger partial charge < -0.3 is 0 Å². The summed E-state index contributed by atoms with van der Waals surface area (Å²) in [5.41, 5.74) is 0. The van der Waals surface area contributed by atoms with Crippen LogP contribution in [0.2, 0.25) is 0 Å². The summed E-state index contributed by atoms with van der Waals surface area (Å²) in [7, 11) is 0. The molecule has 0 aliphatic heterocycles. The summed E-state index contributed by atoms with van der Waals surface area (Å²) in [6, 6.07) is 0. The molecule has 0 spiro atoms. The van der Waals surface area contributed by atoms with Gasteiger partial charge in [0.05, 0.1) is 6.67 Å². The van der Waals surface area contributed by atoms with Gasteiger partial charge in [-0.2, -0.15) is 0 Å². The van der Waals surface area contributed by atoms with Crippen molar-refractivity contribution < 1.29 is 4.39 Å². The molecule has 0 heterocycles. The summed E-state index contributed by atoms with van der Waals surface area (Å²) in [4.78, 5) is 0. The van der Waals surface area contributed by atoms with Gasteiger partial charge in [0.15, 0.2) is 0 Å². The first-order valence-electron chi connectivity index (χ1n) is 5.97. The van der Waals surface area contributed by atoms with E-state index >= 15 is 0 Å². The number of rotatable bonds is 10. The van der Waals surface area contributed by atoms with E-state index in [2.05, 4.69) is 6.92 Å². The molecule has 0 unspecified atom stereocenters. The third-order valence-electron chi connectivity index (χ3n) is 2.49. The predicted molar refractivity (Wildman–Crippen MR) is 57.8 cm³/mol. The summed E-state index contributed by atoms with van der Waals surface area (Å²) in [6.45, 7) is 2.12. The molecule has 0 aromatic rings. The molecule has 0 aliphatic rings. The first-order chi connectivity index (χ1) is 6.41. The predicted octanol–water partition coefficient (Wildman–Crippen LogP) is 4.88. The van der Waals surface area contributed by atoms with Crippen LogP contribution in [-0.2, 0) is 0 Å². The van der Waals surface area contributed by atoms with Gasteiger partial charge in [0.2, 0.25) is 0 Å². The number of hydrogen-bond donors (Lipinski definition) is 0. The lowest BCUT2D eigenvalue weighted by atomic mass is 10.1. The molecule has 0 rings (SSSR count). The topological polar surface area (TPSA) is 0 Å². The van der Waals surface area contributed by atoms with E-state index in [-0.39, 0.29) is 6.67 Å². The summed E-state index contributed by atoms with van der Waals surface area (Å²) < 4.78 is 11.7. The first-order valence-corrected chi connectivity index (χ1v) is 5.97. The van der Waals surface area contributed by atoms with Crippen LogP contribution in [0.4, 0.5) is 4.39 Å². The summed E-state index contributed by atoms with van der Waals surface area (Å²) in [5.74, 6) is 0. The number of hydrogen-bond acceptors (Lipinski definition) is 0. The third-order valence-corrected chi connectivity index (χ3v) is 2.49. The molecule has 0 saturated heterocycles. The summed E-state index contributed by atoms with van der Waals surface area (Å²) in [6.07, 6.45) is 12.7. The fourth-order valence-corrected chi connectivity index (χ4v) is 1.58. The van der Waals surface area contributed by atoms with Gasteiger partial charge in [-0.3, -0.25) is 4.39 Å². The standard InChI is InChI=1S/C12H25F/c1-2-3-4-5-6-7-8-9-10-11-12-13/h2-12H2,1H3. The SMILES string of the molecule is CCCCCCCCCCCCF. The zero-order valence-corrected chi connectivity index (χ0v) is 9.16. The molecule has 0 amide bonds. The highest BCUT2D eigenvalue weighted by molar-refractivity contribution is 4.46. The molecule has 0 N–H and O–H groups in total. The number of alkyl halides is 1. The monoisotopic (exact) mass is 188 g/mol. The van der Waals surface area contributed by atoms with Crippen molar-refractivity contribution in [2.45, 2.75) is 71.1 Å². The fraction of sp³-hybridized carbons (Fsp3) is 1.00. The van der Waals surface area contributed by atoms with Crippen LogP contribution < -0.4 is 0 Å². The Labute approximate surface area is 82.9 Å². The second-order valence-corrected chi connectivity index (χ2v) is 3.87. The molecule has 0 aromatic carbocycles. The van der Waals surface area contributed by atoms with Gasteiger partial charge in [-0.05, 0) is 6.42 Å². The Morgan fingerprint density at radius 3 is 1.38 bits per heavy atom. The maximum atomic E-state index is 11.7. The van der Waals surface area contributed by atoms with Crippen LogP contribution in [0.15, 0.2) is 0 Å². The normalized spacial score (nSPS) is 10.6. The van der Waals surface area contributed by atoms with E-state index < -0.39 is 0 Å². The second-order valence-electron chi connectivity index (χ2n) is 3.87. The molecule has 80 valence electrons. The van der Waals surface area contributed by atoms with E-state index in [0.29, 0.717) is 0 Å². The molecule has 0 atom stereocenters. The maximum absolute atomic E-state index is 11.7. The fourth-order valence-electron chi connectivity index (χ4n) is 1.58. The molecule has 0 nitrogen and oxygen atoms in total. The van der Waals surface area contributed by atoms with Crippen LogP contribution in [0.5, 0.6) is 0 Å².